The van der Waals surface area contributed by atoms with Gasteiger partial charge in [0.05, 0.1) is 22.7 Å². The number of anilines is 1. The van der Waals surface area contributed by atoms with E-state index in [0.29, 0.717) is 27.5 Å². The Bertz CT molecular complexity index is 980. The van der Waals surface area contributed by atoms with Gasteiger partial charge in [-0.05, 0) is 30.3 Å². The van der Waals surface area contributed by atoms with Gasteiger partial charge >= 0.3 is 0 Å². The Morgan fingerprint density at radius 3 is 2.88 bits per heavy atom. The number of hydrogen-bond donors (Lipinski definition) is 1. The number of carbonyl (C=O) groups is 1. The molecule has 0 fully saturated rings. The summed E-state index contributed by atoms with van der Waals surface area (Å²) < 4.78 is 13.3. The summed E-state index contributed by atoms with van der Waals surface area (Å²) in [5.74, 6) is -0.582. The van der Waals surface area contributed by atoms with Crippen molar-refractivity contribution in [2.45, 2.75) is 6.42 Å². The molecule has 3 aromatic rings. The SMILES string of the molecule is N#Cc1ccc(NC(=O)Cc2csc(-c3cccc(F)c3)n2)cc1Cl. The van der Waals surface area contributed by atoms with Gasteiger partial charge in [0.15, 0.2) is 0 Å². The quantitative estimate of drug-likeness (QED) is 0.725. The maximum Gasteiger partial charge on any atom is 0.230 e. The van der Waals surface area contributed by atoms with Crippen LogP contribution in [0.2, 0.25) is 5.02 Å². The minimum absolute atomic E-state index is 0.0867. The molecule has 124 valence electrons. The first-order valence-corrected chi connectivity index (χ1v) is 8.51. The molecule has 0 saturated carbocycles. The Kier molecular flexibility index (Phi) is 5.08. The van der Waals surface area contributed by atoms with E-state index in [-0.39, 0.29) is 23.2 Å². The summed E-state index contributed by atoms with van der Waals surface area (Å²) in [6, 6.07) is 12.8. The van der Waals surface area contributed by atoms with Crippen molar-refractivity contribution in [2.75, 3.05) is 5.32 Å². The van der Waals surface area contributed by atoms with Crippen molar-refractivity contribution in [3.05, 3.63) is 69.9 Å². The highest BCUT2D eigenvalue weighted by Crippen LogP contribution is 2.25. The first kappa shape index (κ1) is 17.1. The predicted molar refractivity (Wildman–Crippen MR) is 96.0 cm³/mol. The smallest absolute Gasteiger partial charge is 0.230 e. The number of nitriles is 1. The van der Waals surface area contributed by atoms with E-state index < -0.39 is 0 Å². The molecule has 25 heavy (non-hydrogen) atoms. The number of thiazole rings is 1. The van der Waals surface area contributed by atoms with Gasteiger partial charge < -0.3 is 5.32 Å². The molecule has 1 aromatic heterocycles. The average Bonchev–Trinajstić information content (AvgIpc) is 3.03. The zero-order valence-electron chi connectivity index (χ0n) is 12.8. The maximum absolute atomic E-state index is 13.3. The molecule has 0 spiro atoms. The summed E-state index contributed by atoms with van der Waals surface area (Å²) in [6.07, 6.45) is 0.0867. The van der Waals surface area contributed by atoms with E-state index in [4.69, 9.17) is 16.9 Å². The molecule has 0 aliphatic carbocycles. The van der Waals surface area contributed by atoms with Crippen molar-refractivity contribution >= 4 is 34.5 Å². The zero-order chi connectivity index (χ0) is 17.8. The largest absolute Gasteiger partial charge is 0.326 e. The third-order valence-corrected chi connectivity index (χ3v) is 4.59. The normalized spacial score (nSPS) is 10.3. The number of carbonyl (C=O) groups excluding carboxylic acids is 1. The van der Waals surface area contributed by atoms with Gasteiger partial charge in [0.2, 0.25) is 5.91 Å². The number of amides is 1. The summed E-state index contributed by atoms with van der Waals surface area (Å²) in [7, 11) is 0. The summed E-state index contributed by atoms with van der Waals surface area (Å²) in [5, 5.41) is 14.3. The van der Waals surface area contributed by atoms with E-state index in [1.165, 1.54) is 29.5 Å². The molecule has 0 aliphatic heterocycles. The molecule has 0 saturated heterocycles. The molecular weight excluding hydrogens is 361 g/mol. The molecule has 1 amide bonds. The number of hydrogen-bond acceptors (Lipinski definition) is 4. The van der Waals surface area contributed by atoms with E-state index in [1.807, 2.05) is 6.07 Å². The fourth-order valence-electron chi connectivity index (χ4n) is 2.20. The lowest BCUT2D eigenvalue weighted by Gasteiger charge is -2.05. The van der Waals surface area contributed by atoms with Crippen LogP contribution < -0.4 is 5.32 Å². The van der Waals surface area contributed by atoms with Crippen LogP contribution in [0.4, 0.5) is 10.1 Å². The molecule has 1 N–H and O–H groups in total. The number of benzene rings is 2. The number of nitrogens with zero attached hydrogens (tertiary/aromatic N) is 2. The summed E-state index contributed by atoms with van der Waals surface area (Å²) in [4.78, 5) is 16.5. The fourth-order valence-corrected chi connectivity index (χ4v) is 3.23. The van der Waals surface area contributed by atoms with Crippen LogP contribution in [0.25, 0.3) is 10.6 Å². The van der Waals surface area contributed by atoms with Crippen LogP contribution in [0.3, 0.4) is 0 Å². The van der Waals surface area contributed by atoms with Gasteiger partial charge in [-0.25, -0.2) is 9.37 Å². The van der Waals surface area contributed by atoms with Gasteiger partial charge in [-0.15, -0.1) is 11.3 Å². The van der Waals surface area contributed by atoms with Crippen molar-refractivity contribution in [2.24, 2.45) is 0 Å². The molecule has 3 rings (SSSR count). The Morgan fingerprint density at radius 2 is 2.16 bits per heavy atom. The van der Waals surface area contributed by atoms with Gasteiger partial charge in [-0.2, -0.15) is 5.26 Å². The Balaban J connectivity index is 1.68. The van der Waals surface area contributed by atoms with Crippen molar-refractivity contribution in [1.29, 1.82) is 5.26 Å². The zero-order valence-corrected chi connectivity index (χ0v) is 14.4. The highest BCUT2D eigenvalue weighted by molar-refractivity contribution is 7.13. The molecule has 2 aromatic carbocycles. The van der Waals surface area contributed by atoms with E-state index >= 15 is 0 Å². The van der Waals surface area contributed by atoms with Crippen molar-refractivity contribution in [3.63, 3.8) is 0 Å². The first-order valence-electron chi connectivity index (χ1n) is 7.25. The first-order chi connectivity index (χ1) is 12.0. The van der Waals surface area contributed by atoms with Crippen LogP contribution >= 0.6 is 22.9 Å². The fraction of sp³-hybridized carbons (Fsp3) is 0.0556. The molecule has 0 radical (unpaired) electrons. The summed E-state index contributed by atoms with van der Waals surface area (Å²) in [6.45, 7) is 0. The van der Waals surface area contributed by atoms with E-state index in [1.54, 1.807) is 29.6 Å². The van der Waals surface area contributed by atoms with Crippen molar-refractivity contribution < 1.29 is 9.18 Å². The van der Waals surface area contributed by atoms with Gasteiger partial charge in [-0.1, -0.05) is 23.7 Å². The lowest BCUT2D eigenvalue weighted by molar-refractivity contribution is -0.115. The third-order valence-electron chi connectivity index (χ3n) is 3.34. The molecule has 7 heteroatoms. The van der Waals surface area contributed by atoms with Gasteiger partial charge in [-0.3, -0.25) is 4.79 Å². The molecule has 1 heterocycles. The number of rotatable bonds is 4. The van der Waals surface area contributed by atoms with Crippen molar-refractivity contribution in [3.8, 4) is 16.6 Å². The van der Waals surface area contributed by atoms with Crippen LogP contribution in [0, 0.1) is 17.1 Å². The third kappa shape index (κ3) is 4.21. The standard InChI is InChI=1S/C18H11ClFN3OS/c19-16-7-14(5-4-12(16)9-21)22-17(24)8-15-10-25-18(23-15)11-2-1-3-13(20)6-11/h1-7,10H,8H2,(H,22,24). The highest BCUT2D eigenvalue weighted by atomic mass is 35.5. The van der Waals surface area contributed by atoms with Crippen LogP contribution in [0.1, 0.15) is 11.3 Å². The molecule has 0 bridgehead atoms. The van der Waals surface area contributed by atoms with Gasteiger partial charge in [0.1, 0.15) is 16.9 Å². The Morgan fingerprint density at radius 1 is 1.32 bits per heavy atom. The minimum atomic E-state index is -0.329. The topological polar surface area (TPSA) is 65.8 Å². The average molecular weight is 372 g/mol. The molecule has 0 unspecified atom stereocenters. The van der Waals surface area contributed by atoms with Crippen LogP contribution in [0.15, 0.2) is 47.8 Å². The second-order valence-corrected chi connectivity index (χ2v) is 6.45. The molecule has 0 atom stereocenters. The number of nitrogens with one attached hydrogen (secondary N) is 1. The van der Waals surface area contributed by atoms with E-state index in [2.05, 4.69) is 10.3 Å². The molecular formula is C18H11ClFN3OS. The van der Waals surface area contributed by atoms with Crippen LogP contribution in [-0.2, 0) is 11.2 Å². The van der Waals surface area contributed by atoms with Crippen molar-refractivity contribution in [1.82, 2.24) is 4.98 Å². The Labute approximate surface area is 152 Å². The lowest BCUT2D eigenvalue weighted by Crippen LogP contribution is -2.14. The monoisotopic (exact) mass is 371 g/mol. The van der Waals surface area contributed by atoms with Gasteiger partial charge in [0.25, 0.3) is 0 Å². The van der Waals surface area contributed by atoms with Crippen LogP contribution in [0.5, 0.6) is 0 Å². The predicted octanol–water partition coefficient (Wildman–Crippen LogP) is 4.66. The van der Waals surface area contributed by atoms with E-state index in [0.717, 1.165) is 0 Å². The summed E-state index contributed by atoms with van der Waals surface area (Å²) >= 11 is 7.29. The second-order valence-electron chi connectivity index (χ2n) is 5.19. The summed E-state index contributed by atoms with van der Waals surface area (Å²) in [5.41, 5.74) is 2.13. The van der Waals surface area contributed by atoms with E-state index in [9.17, 15) is 9.18 Å². The van der Waals surface area contributed by atoms with Crippen LogP contribution in [-0.4, -0.2) is 10.9 Å². The maximum atomic E-state index is 13.3. The Hall–Kier alpha value is -2.75. The van der Waals surface area contributed by atoms with Gasteiger partial charge in [0, 0.05) is 16.6 Å². The number of aromatic nitrogens is 1. The lowest BCUT2D eigenvalue weighted by atomic mass is 10.2. The molecule has 0 aliphatic rings. The second kappa shape index (κ2) is 7.43. The molecule has 4 nitrogen and oxygen atoms in total. The highest BCUT2D eigenvalue weighted by Gasteiger charge is 2.11. The minimum Gasteiger partial charge on any atom is -0.326 e. The number of halogens is 2.